The van der Waals surface area contributed by atoms with Crippen LogP contribution < -0.4 is 5.32 Å². The van der Waals surface area contributed by atoms with Crippen LogP contribution in [-0.4, -0.2) is 30.0 Å². The molecule has 1 aromatic carbocycles. The van der Waals surface area contributed by atoms with Gasteiger partial charge in [-0.1, -0.05) is 29.8 Å². The van der Waals surface area contributed by atoms with Crippen molar-refractivity contribution in [3.8, 4) is 10.8 Å². The number of nitrogens with one attached hydrogen (secondary N) is 1. The van der Waals surface area contributed by atoms with E-state index in [1.807, 2.05) is 50.2 Å². The van der Waals surface area contributed by atoms with Gasteiger partial charge in [-0.15, -0.1) is 11.3 Å². The summed E-state index contributed by atoms with van der Waals surface area (Å²) in [6.45, 7) is 6.04. The zero-order chi connectivity index (χ0) is 20.8. The summed E-state index contributed by atoms with van der Waals surface area (Å²) in [5.41, 5.74) is 2.93. The predicted octanol–water partition coefficient (Wildman–Crippen LogP) is 4.23. The fraction of sp³-hybridized carbons (Fsp3) is 0.318. The molecule has 7 heteroatoms. The zero-order valence-corrected chi connectivity index (χ0v) is 17.6. The number of carbonyl (C=O) groups is 2. The van der Waals surface area contributed by atoms with Crippen molar-refractivity contribution in [1.82, 2.24) is 10.3 Å². The molecular formula is C22H24N2O4S. The molecule has 0 spiro atoms. The van der Waals surface area contributed by atoms with Gasteiger partial charge >= 0.3 is 5.97 Å². The second-order valence-corrected chi connectivity index (χ2v) is 7.81. The highest BCUT2D eigenvalue weighted by Gasteiger charge is 2.19. The lowest BCUT2D eigenvalue weighted by Crippen LogP contribution is -2.28. The van der Waals surface area contributed by atoms with E-state index in [4.69, 9.17) is 9.15 Å². The number of hydrogen-bond acceptors (Lipinski definition) is 6. The molecule has 6 nitrogen and oxygen atoms in total. The summed E-state index contributed by atoms with van der Waals surface area (Å²) in [6.07, 6.45) is 1.08. The number of rotatable bonds is 8. The summed E-state index contributed by atoms with van der Waals surface area (Å²) in [4.78, 5) is 29.1. The first-order valence-electron chi connectivity index (χ1n) is 9.46. The normalized spacial score (nSPS) is 10.7. The number of furan rings is 1. The van der Waals surface area contributed by atoms with Crippen molar-refractivity contribution in [2.75, 3.05) is 13.2 Å². The summed E-state index contributed by atoms with van der Waals surface area (Å²) in [6, 6.07) is 11.8. The van der Waals surface area contributed by atoms with Gasteiger partial charge in [0.05, 0.1) is 12.2 Å². The fourth-order valence-electron chi connectivity index (χ4n) is 2.74. The van der Waals surface area contributed by atoms with E-state index in [0.29, 0.717) is 34.2 Å². The Hall–Kier alpha value is -2.93. The number of aryl methyl sites for hydroxylation is 4. The van der Waals surface area contributed by atoms with E-state index >= 15 is 0 Å². The number of thiazole rings is 1. The monoisotopic (exact) mass is 412 g/mol. The van der Waals surface area contributed by atoms with Crippen LogP contribution in [0.5, 0.6) is 0 Å². The maximum absolute atomic E-state index is 12.3. The molecule has 1 N–H and O–H groups in total. The minimum Gasteiger partial charge on any atom is -0.460 e. The van der Waals surface area contributed by atoms with Gasteiger partial charge in [0, 0.05) is 6.42 Å². The first kappa shape index (κ1) is 20.8. The molecule has 0 fully saturated rings. The Labute approximate surface area is 173 Å². The topological polar surface area (TPSA) is 81.4 Å². The molecule has 1 amide bonds. The summed E-state index contributed by atoms with van der Waals surface area (Å²) in [7, 11) is 0. The maximum Gasteiger partial charge on any atom is 0.350 e. The van der Waals surface area contributed by atoms with Gasteiger partial charge in [-0.3, -0.25) is 4.79 Å². The average molecular weight is 413 g/mol. The van der Waals surface area contributed by atoms with Crippen LogP contribution in [0.3, 0.4) is 0 Å². The van der Waals surface area contributed by atoms with Crippen LogP contribution in [0.2, 0.25) is 0 Å². The highest BCUT2D eigenvalue weighted by molar-refractivity contribution is 7.17. The number of aromatic nitrogens is 1. The van der Waals surface area contributed by atoms with Gasteiger partial charge in [0.15, 0.2) is 10.8 Å². The molecule has 0 saturated carbocycles. The Morgan fingerprint density at radius 3 is 2.55 bits per heavy atom. The van der Waals surface area contributed by atoms with Crippen molar-refractivity contribution in [1.29, 1.82) is 0 Å². The second-order valence-electron chi connectivity index (χ2n) is 6.82. The molecule has 0 atom stereocenters. The quantitative estimate of drug-likeness (QED) is 0.442. The van der Waals surface area contributed by atoms with Crippen molar-refractivity contribution in [2.24, 2.45) is 0 Å². The second kappa shape index (κ2) is 9.52. The molecule has 152 valence electrons. The molecule has 0 aliphatic heterocycles. The Balaban J connectivity index is 1.41. The Morgan fingerprint density at radius 1 is 1.10 bits per heavy atom. The van der Waals surface area contributed by atoms with Gasteiger partial charge in [0.1, 0.15) is 17.2 Å². The number of benzene rings is 1. The number of amides is 1. The Kier molecular flexibility index (Phi) is 6.82. The zero-order valence-electron chi connectivity index (χ0n) is 16.8. The lowest BCUT2D eigenvalue weighted by atomic mass is 10.1. The van der Waals surface area contributed by atoms with Gasteiger partial charge in [-0.2, -0.15) is 0 Å². The van der Waals surface area contributed by atoms with Gasteiger partial charge < -0.3 is 14.5 Å². The largest absolute Gasteiger partial charge is 0.460 e. The number of carbonyl (C=O) groups excluding carboxylic acids is 2. The van der Waals surface area contributed by atoms with E-state index in [1.54, 1.807) is 6.92 Å². The van der Waals surface area contributed by atoms with E-state index in [-0.39, 0.29) is 19.1 Å². The van der Waals surface area contributed by atoms with Gasteiger partial charge in [0.25, 0.3) is 0 Å². The molecular weight excluding hydrogens is 388 g/mol. The summed E-state index contributed by atoms with van der Waals surface area (Å²) in [5, 5.41) is 3.42. The fourth-order valence-corrected chi connectivity index (χ4v) is 3.66. The molecule has 0 aliphatic rings. The summed E-state index contributed by atoms with van der Waals surface area (Å²) in [5.74, 6) is 0.917. The summed E-state index contributed by atoms with van der Waals surface area (Å²) < 4.78 is 10.8. The van der Waals surface area contributed by atoms with Crippen LogP contribution in [0.15, 0.2) is 40.8 Å². The molecule has 2 aromatic heterocycles. The lowest BCUT2D eigenvalue weighted by Gasteiger charge is -2.06. The Bertz CT molecular complexity index is 989. The number of esters is 1. The molecule has 3 aromatic rings. The van der Waals surface area contributed by atoms with E-state index < -0.39 is 5.97 Å². The molecule has 3 rings (SSSR count). The SMILES string of the molecule is Cc1ccc(CCC(=O)NCCOC(=O)c2sc(-c3ccc(C)o3)nc2C)cc1. The van der Waals surface area contributed by atoms with Crippen molar-refractivity contribution < 1.29 is 18.7 Å². The molecule has 2 heterocycles. The van der Waals surface area contributed by atoms with Crippen LogP contribution in [0.1, 0.15) is 38.7 Å². The molecule has 0 bridgehead atoms. The average Bonchev–Trinajstić information content (AvgIpc) is 3.30. The van der Waals surface area contributed by atoms with E-state index in [2.05, 4.69) is 10.3 Å². The maximum atomic E-state index is 12.3. The Morgan fingerprint density at radius 2 is 1.86 bits per heavy atom. The van der Waals surface area contributed by atoms with Crippen molar-refractivity contribution in [2.45, 2.75) is 33.6 Å². The smallest absolute Gasteiger partial charge is 0.350 e. The summed E-state index contributed by atoms with van der Waals surface area (Å²) >= 11 is 1.24. The van der Waals surface area contributed by atoms with Crippen LogP contribution in [0.25, 0.3) is 10.8 Å². The van der Waals surface area contributed by atoms with Crippen LogP contribution >= 0.6 is 11.3 Å². The van der Waals surface area contributed by atoms with Crippen LogP contribution in [0, 0.1) is 20.8 Å². The molecule has 0 aliphatic carbocycles. The highest BCUT2D eigenvalue weighted by atomic mass is 32.1. The third-order valence-electron chi connectivity index (χ3n) is 4.35. The molecule has 29 heavy (non-hydrogen) atoms. The van der Waals surface area contributed by atoms with Crippen molar-refractivity contribution in [3.63, 3.8) is 0 Å². The first-order valence-corrected chi connectivity index (χ1v) is 10.3. The predicted molar refractivity (Wildman–Crippen MR) is 112 cm³/mol. The highest BCUT2D eigenvalue weighted by Crippen LogP contribution is 2.29. The van der Waals surface area contributed by atoms with Gasteiger partial charge in [-0.25, -0.2) is 9.78 Å². The molecule has 0 unspecified atom stereocenters. The van der Waals surface area contributed by atoms with Gasteiger partial charge in [0.2, 0.25) is 5.91 Å². The molecule has 0 radical (unpaired) electrons. The minimum atomic E-state index is -0.441. The first-order chi connectivity index (χ1) is 13.9. The van der Waals surface area contributed by atoms with Crippen LogP contribution in [-0.2, 0) is 16.0 Å². The molecule has 0 saturated heterocycles. The lowest BCUT2D eigenvalue weighted by molar-refractivity contribution is -0.121. The number of ether oxygens (including phenoxy) is 1. The minimum absolute atomic E-state index is 0.0638. The number of nitrogens with zero attached hydrogens (tertiary/aromatic N) is 1. The third kappa shape index (κ3) is 5.77. The van der Waals surface area contributed by atoms with Crippen molar-refractivity contribution in [3.05, 3.63) is 63.9 Å². The van der Waals surface area contributed by atoms with E-state index in [9.17, 15) is 9.59 Å². The van der Waals surface area contributed by atoms with Gasteiger partial charge in [-0.05, 0) is 44.9 Å². The number of hydrogen-bond donors (Lipinski definition) is 1. The van der Waals surface area contributed by atoms with E-state index in [1.165, 1.54) is 16.9 Å². The third-order valence-corrected chi connectivity index (χ3v) is 5.50. The van der Waals surface area contributed by atoms with E-state index in [0.717, 1.165) is 11.3 Å². The van der Waals surface area contributed by atoms with Crippen molar-refractivity contribution >= 4 is 23.2 Å². The van der Waals surface area contributed by atoms with Crippen LogP contribution in [0.4, 0.5) is 0 Å². The standard InChI is InChI=1S/C22H24N2O4S/c1-14-4-7-17(8-5-14)9-11-19(25)23-12-13-27-22(26)20-16(3)24-21(29-20)18-10-6-15(2)28-18/h4-8,10H,9,11-13H2,1-3H3,(H,23,25).